The van der Waals surface area contributed by atoms with Gasteiger partial charge in [-0.05, 0) is 42.5 Å². The monoisotopic (exact) mass is 487 g/mol. The van der Waals surface area contributed by atoms with E-state index in [2.05, 4.69) is 10.4 Å². The van der Waals surface area contributed by atoms with Crippen LogP contribution < -0.4 is 15.6 Å². The maximum absolute atomic E-state index is 12.5. The fraction of sp³-hybridized carbons (Fsp3) is 0.111. The number of nitrogens with one attached hydrogen (secondary N) is 1. The van der Waals surface area contributed by atoms with Crippen molar-refractivity contribution in [3.05, 3.63) is 117 Å². The Balaban J connectivity index is 1.26. The zero-order valence-electron chi connectivity index (χ0n) is 18.7. The summed E-state index contributed by atoms with van der Waals surface area (Å²) in [7, 11) is 0. The number of rotatable bonds is 9. The third-order valence-corrected chi connectivity index (χ3v) is 5.43. The minimum Gasteiger partial charge on any atom is -0.484 e. The molecule has 1 amide bonds. The Kier molecular flexibility index (Phi) is 7.70. The van der Waals surface area contributed by atoms with Gasteiger partial charge in [-0.15, -0.1) is 0 Å². The maximum Gasteiger partial charge on any atom is 0.266 e. The largest absolute Gasteiger partial charge is 0.484 e. The number of hydrogen-bond donors (Lipinski definition) is 1. The number of hydrogen-bond acceptors (Lipinski definition) is 5. The summed E-state index contributed by atoms with van der Waals surface area (Å²) in [6.45, 7) is 0.227. The predicted octanol–water partition coefficient (Wildman–Crippen LogP) is 3.99. The van der Waals surface area contributed by atoms with E-state index in [1.807, 2.05) is 30.3 Å². The van der Waals surface area contributed by atoms with E-state index in [1.165, 1.54) is 10.7 Å². The second-order valence-corrected chi connectivity index (χ2v) is 8.08. The van der Waals surface area contributed by atoms with Crippen LogP contribution in [0.25, 0.3) is 11.3 Å². The number of ketones is 1. The molecule has 35 heavy (non-hydrogen) atoms. The van der Waals surface area contributed by atoms with E-state index in [4.69, 9.17) is 16.3 Å². The Hall–Kier alpha value is -4.23. The molecule has 0 unspecified atom stereocenters. The summed E-state index contributed by atoms with van der Waals surface area (Å²) in [5.41, 5.74) is 2.33. The van der Waals surface area contributed by atoms with Crippen LogP contribution in [-0.4, -0.2) is 34.6 Å². The lowest BCUT2D eigenvalue weighted by Crippen LogP contribution is -2.34. The molecule has 1 aromatic heterocycles. The van der Waals surface area contributed by atoms with Crippen LogP contribution in [0.3, 0.4) is 0 Å². The van der Waals surface area contributed by atoms with Crippen LogP contribution >= 0.6 is 11.6 Å². The molecular formula is C27H22ClN3O4. The SMILES string of the molecule is O=C(COc1ccc(C(=O)c2ccccc2)cc1)NCCn1nc(-c2ccc(Cl)cc2)ccc1=O. The Morgan fingerprint density at radius 3 is 2.26 bits per heavy atom. The molecule has 0 aliphatic carbocycles. The van der Waals surface area contributed by atoms with Gasteiger partial charge in [-0.25, -0.2) is 4.68 Å². The van der Waals surface area contributed by atoms with Crippen molar-refractivity contribution >= 4 is 23.3 Å². The first kappa shape index (κ1) is 23.9. The van der Waals surface area contributed by atoms with Crippen molar-refractivity contribution in [1.82, 2.24) is 15.1 Å². The minimum absolute atomic E-state index is 0.0844. The molecule has 0 radical (unpaired) electrons. The normalized spacial score (nSPS) is 10.5. The quantitative estimate of drug-likeness (QED) is 0.360. The van der Waals surface area contributed by atoms with Crippen molar-refractivity contribution in [3.63, 3.8) is 0 Å². The molecule has 4 rings (SSSR count). The summed E-state index contributed by atoms with van der Waals surface area (Å²) in [5.74, 6) is 0.0496. The molecule has 8 heteroatoms. The molecule has 0 atom stereocenters. The van der Waals surface area contributed by atoms with Crippen LogP contribution in [0.15, 0.2) is 95.8 Å². The topological polar surface area (TPSA) is 90.3 Å². The number of benzene rings is 3. The molecule has 1 N–H and O–H groups in total. The second-order valence-electron chi connectivity index (χ2n) is 7.65. The van der Waals surface area contributed by atoms with E-state index in [1.54, 1.807) is 54.6 Å². The first-order valence-electron chi connectivity index (χ1n) is 10.9. The molecule has 0 spiro atoms. The molecule has 0 saturated heterocycles. The molecule has 1 heterocycles. The first-order valence-corrected chi connectivity index (χ1v) is 11.3. The first-order chi connectivity index (χ1) is 17.0. The Labute approximate surface area is 206 Å². The summed E-state index contributed by atoms with van der Waals surface area (Å²) >= 11 is 5.92. The van der Waals surface area contributed by atoms with Gasteiger partial charge in [0.2, 0.25) is 0 Å². The van der Waals surface area contributed by atoms with E-state index < -0.39 is 0 Å². The van der Waals surface area contributed by atoms with Crippen molar-refractivity contribution in [2.75, 3.05) is 13.2 Å². The zero-order chi connectivity index (χ0) is 24.6. The lowest BCUT2D eigenvalue weighted by atomic mass is 10.0. The van der Waals surface area contributed by atoms with Crippen molar-refractivity contribution in [3.8, 4) is 17.0 Å². The van der Waals surface area contributed by atoms with Gasteiger partial charge in [0.1, 0.15) is 5.75 Å². The molecular weight excluding hydrogens is 466 g/mol. The molecule has 0 aliphatic rings. The lowest BCUT2D eigenvalue weighted by molar-refractivity contribution is -0.123. The van der Waals surface area contributed by atoms with Gasteiger partial charge in [-0.2, -0.15) is 5.10 Å². The molecule has 0 aliphatic heterocycles. The fourth-order valence-corrected chi connectivity index (χ4v) is 3.47. The van der Waals surface area contributed by atoms with Gasteiger partial charge < -0.3 is 10.1 Å². The standard InChI is InChI=1S/C27H22ClN3O4/c28-22-10-6-19(7-11-22)24-14-15-26(33)31(30-24)17-16-29-25(32)18-35-23-12-8-21(9-13-23)27(34)20-4-2-1-3-5-20/h1-15H,16-18H2,(H,29,32). The van der Waals surface area contributed by atoms with Crippen LogP contribution in [0.4, 0.5) is 0 Å². The summed E-state index contributed by atoms with van der Waals surface area (Å²) in [4.78, 5) is 36.7. The molecule has 4 aromatic rings. The van der Waals surface area contributed by atoms with Crippen LogP contribution in [0, 0.1) is 0 Å². The van der Waals surface area contributed by atoms with Gasteiger partial charge in [0.15, 0.2) is 12.4 Å². The van der Waals surface area contributed by atoms with Crippen molar-refractivity contribution in [2.24, 2.45) is 0 Å². The van der Waals surface area contributed by atoms with Gasteiger partial charge >= 0.3 is 0 Å². The Morgan fingerprint density at radius 1 is 0.857 bits per heavy atom. The van der Waals surface area contributed by atoms with E-state index in [9.17, 15) is 14.4 Å². The third kappa shape index (κ3) is 6.43. The van der Waals surface area contributed by atoms with Gasteiger partial charge in [-0.3, -0.25) is 14.4 Å². The summed E-state index contributed by atoms with van der Waals surface area (Å²) < 4.78 is 6.80. The number of carbonyl (C=O) groups is 2. The second kappa shape index (κ2) is 11.3. The highest BCUT2D eigenvalue weighted by molar-refractivity contribution is 6.30. The van der Waals surface area contributed by atoms with E-state index in [0.717, 1.165) is 5.56 Å². The molecule has 0 saturated carbocycles. The van der Waals surface area contributed by atoms with E-state index in [0.29, 0.717) is 27.6 Å². The molecule has 0 fully saturated rings. The number of nitrogens with zero attached hydrogens (tertiary/aromatic N) is 2. The van der Waals surface area contributed by atoms with Crippen molar-refractivity contribution in [2.45, 2.75) is 6.54 Å². The average Bonchev–Trinajstić information content (AvgIpc) is 2.89. The average molecular weight is 488 g/mol. The van der Waals surface area contributed by atoms with Crippen LogP contribution in [0.2, 0.25) is 5.02 Å². The Bertz CT molecular complexity index is 1370. The lowest BCUT2D eigenvalue weighted by Gasteiger charge is -2.10. The number of carbonyl (C=O) groups excluding carboxylic acids is 2. The van der Waals surface area contributed by atoms with Gasteiger partial charge in [0.25, 0.3) is 11.5 Å². The van der Waals surface area contributed by atoms with Crippen LogP contribution in [-0.2, 0) is 11.3 Å². The summed E-state index contributed by atoms with van der Waals surface area (Å²) in [5, 5.41) is 7.68. The molecule has 3 aromatic carbocycles. The van der Waals surface area contributed by atoms with Gasteiger partial charge in [-0.1, -0.05) is 54.1 Å². The van der Waals surface area contributed by atoms with E-state index >= 15 is 0 Å². The highest BCUT2D eigenvalue weighted by Crippen LogP contribution is 2.18. The molecule has 0 bridgehead atoms. The highest BCUT2D eigenvalue weighted by atomic mass is 35.5. The van der Waals surface area contributed by atoms with Gasteiger partial charge in [0.05, 0.1) is 12.2 Å². The van der Waals surface area contributed by atoms with Crippen LogP contribution in [0.5, 0.6) is 5.75 Å². The van der Waals surface area contributed by atoms with Crippen molar-refractivity contribution in [1.29, 1.82) is 0 Å². The zero-order valence-corrected chi connectivity index (χ0v) is 19.4. The number of amides is 1. The van der Waals surface area contributed by atoms with Gasteiger partial charge in [0, 0.05) is 34.3 Å². The van der Waals surface area contributed by atoms with Crippen LogP contribution in [0.1, 0.15) is 15.9 Å². The Morgan fingerprint density at radius 2 is 1.54 bits per heavy atom. The smallest absolute Gasteiger partial charge is 0.266 e. The molecule has 176 valence electrons. The number of halogens is 1. The summed E-state index contributed by atoms with van der Waals surface area (Å²) in [6, 6.07) is 25.8. The van der Waals surface area contributed by atoms with Crippen molar-refractivity contribution < 1.29 is 14.3 Å². The third-order valence-electron chi connectivity index (χ3n) is 5.17. The summed E-state index contributed by atoms with van der Waals surface area (Å²) in [6.07, 6.45) is 0. The number of ether oxygens (including phenoxy) is 1. The number of aromatic nitrogens is 2. The molecule has 7 nitrogen and oxygen atoms in total. The maximum atomic E-state index is 12.5. The van der Waals surface area contributed by atoms with E-state index in [-0.39, 0.29) is 36.9 Å². The fourth-order valence-electron chi connectivity index (χ4n) is 3.34. The highest BCUT2D eigenvalue weighted by Gasteiger charge is 2.09. The predicted molar refractivity (Wildman–Crippen MR) is 134 cm³/mol. The minimum atomic E-state index is -0.337.